The average Bonchev–Trinajstić information content (AvgIpc) is 3.27. The zero-order chi connectivity index (χ0) is 26.1. The van der Waals surface area contributed by atoms with Crippen molar-refractivity contribution in [1.29, 1.82) is 0 Å². The van der Waals surface area contributed by atoms with Gasteiger partial charge in [-0.25, -0.2) is 9.78 Å². The van der Waals surface area contributed by atoms with Crippen LogP contribution >= 0.6 is 34.9 Å². The number of fused-ring (bicyclic) bond motifs is 1. The summed E-state index contributed by atoms with van der Waals surface area (Å²) in [6, 6.07) is -0.995. The molecule has 2 aromatic heterocycles. The first-order chi connectivity index (χ1) is 17.1. The maximum absolute atomic E-state index is 12.9. The number of carbonyl (C=O) groups excluding carboxylic acids is 2. The Morgan fingerprint density at radius 2 is 2.05 bits per heavy atom. The van der Waals surface area contributed by atoms with Gasteiger partial charge in [-0.2, -0.15) is 4.98 Å². The Morgan fingerprint density at radius 1 is 1.34 bits per heavy atom. The molecule has 2 amide bonds. The van der Waals surface area contributed by atoms with Gasteiger partial charge in [-0.1, -0.05) is 16.9 Å². The number of nitrogen functional groups attached to an aromatic ring is 1. The number of hydrogen-bond acceptors (Lipinski definition) is 13. The second kappa shape index (κ2) is 13.6. The number of oxime groups is 1. The molecule has 0 aromatic carbocycles. The fraction of sp³-hybridized carbons (Fsp3) is 0.333. The predicted molar refractivity (Wildman–Crippen MR) is 145 cm³/mol. The van der Waals surface area contributed by atoms with Crippen molar-refractivity contribution < 1.29 is 24.3 Å². The van der Waals surface area contributed by atoms with Gasteiger partial charge in [0.15, 0.2) is 16.0 Å². The molecule has 0 spiro atoms. The molecular formula is C18H20N8Na2O7S3. The predicted octanol–water partition coefficient (Wildman–Crippen LogP) is -2.91. The molecule has 15 nitrogen and oxygen atoms in total. The number of carboxylic acids is 1. The molecule has 20 heteroatoms. The van der Waals surface area contributed by atoms with E-state index >= 15 is 0 Å². The van der Waals surface area contributed by atoms with E-state index in [9.17, 15) is 29.1 Å². The van der Waals surface area contributed by atoms with Crippen molar-refractivity contribution in [3.8, 4) is 0 Å². The number of nitrogens with zero attached hydrogens (tertiary/aromatic N) is 5. The summed E-state index contributed by atoms with van der Waals surface area (Å²) in [5, 5.41) is 19.6. The topological polar surface area (TPSA) is 215 Å². The molecule has 0 radical (unpaired) electrons. The molecule has 2 aromatic rings. The second-order valence-electron chi connectivity index (χ2n) is 7.30. The van der Waals surface area contributed by atoms with Crippen LogP contribution in [0.2, 0.25) is 0 Å². The van der Waals surface area contributed by atoms with E-state index in [1.165, 1.54) is 36.0 Å². The Morgan fingerprint density at radius 3 is 2.66 bits per heavy atom. The van der Waals surface area contributed by atoms with Gasteiger partial charge in [-0.3, -0.25) is 33.9 Å². The van der Waals surface area contributed by atoms with Gasteiger partial charge in [0, 0.05) is 23.9 Å². The number of amides is 2. The molecular weight excluding hydrogens is 582 g/mol. The van der Waals surface area contributed by atoms with Gasteiger partial charge in [-0.15, -0.1) is 23.1 Å². The maximum atomic E-state index is 12.9. The number of carboxylic acid groups (broad SMARTS) is 1. The van der Waals surface area contributed by atoms with Gasteiger partial charge in [0.1, 0.15) is 29.9 Å². The molecule has 0 saturated carbocycles. The molecule has 0 bridgehead atoms. The minimum absolute atomic E-state index is 0. The third-order valence-electron chi connectivity index (χ3n) is 5.02. The van der Waals surface area contributed by atoms with Crippen LogP contribution in [0.5, 0.6) is 0 Å². The summed E-state index contributed by atoms with van der Waals surface area (Å²) in [5.41, 5.74) is 4.00. The normalized spacial score (nSPS) is 18.5. The summed E-state index contributed by atoms with van der Waals surface area (Å²) in [7, 11) is 2.74. The molecule has 5 N–H and O–H groups in total. The Kier molecular flexibility index (Phi) is 11.7. The van der Waals surface area contributed by atoms with E-state index in [0.29, 0.717) is 5.57 Å². The Bertz CT molecular complexity index is 1440. The van der Waals surface area contributed by atoms with E-state index in [1.54, 1.807) is 0 Å². The Hall–Kier alpha value is -1.64. The zero-order valence-corrected chi connectivity index (χ0v) is 21.0. The quantitative estimate of drug-likeness (QED) is 0.0598. The number of thiazole rings is 1. The van der Waals surface area contributed by atoms with Crippen LogP contribution in [-0.2, 0) is 26.3 Å². The van der Waals surface area contributed by atoms with Crippen LogP contribution < -0.4 is 22.2 Å². The van der Waals surface area contributed by atoms with E-state index in [-0.39, 0.29) is 98.0 Å². The number of hydrogen-bond donors (Lipinski definition) is 4. The number of β-lactam (4-membered cyclic amide) rings is 1. The number of nitrogens with two attached hydrogens (primary N) is 1. The molecule has 1 fully saturated rings. The van der Waals surface area contributed by atoms with Crippen molar-refractivity contribution in [3.05, 3.63) is 43.1 Å². The third-order valence-corrected chi connectivity index (χ3v) is 8.15. The van der Waals surface area contributed by atoms with Crippen molar-refractivity contribution in [3.63, 3.8) is 0 Å². The van der Waals surface area contributed by atoms with Gasteiger partial charge in [0.05, 0.1) is 0 Å². The monoisotopic (exact) mass is 602 g/mol. The van der Waals surface area contributed by atoms with Crippen molar-refractivity contribution in [1.82, 2.24) is 30.0 Å². The molecule has 4 heterocycles. The van der Waals surface area contributed by atoms with Gasteiger partial charge < -0.3 is 21.0 Å². The summed E-state index contributed by atoms with van der Waals surface area (Å²) in [6.45, 7) is 0. The zero-order valence-electron chi connectivity index (χ0n) is 18.6. The summed E-state index contributed by atoms with van der Waals surface area (Å²) in [4.78, 5) is 74.3. The van der Waals surface area contributed by atoms with Crippen LogP contribution in [0.15, 0.2) is 36.6 Å². The molecule has 0 unspecified atom stereocenters. The first-order valence-electron chi connectivity index (χ1n) is 9.96. The standard InChI is InChI=1S/C18H18N8O7S3.2Na.2H/c1-25-18(22-12(28)13(29)23-25)36-4-6-3-34-15-9(14(30)26(15)10(6)16(31)32)21-11(27)8(24-33-2)7-5-35-17(19)20-7;;;;/h5,9,15H,3-4H2,1-2H3,(H2,19,20)(H,21,27)(H,23,29)(H,31,32);;;;/t9-,15-;;;;/m1..../s1. The van der Waals surface area contributed by atoms with Gasteiger partial charge >= 0.3 is 76.2 Å². The number of anilines is 1. The molecule has 4 rings (SSSR count). The molecule has 1 saturated heterocycles. The van der Waals surface area contributed by atoms with E-state index < -0.39 is 40.3 Å². The van der Waals surface area contributed by atoms with Crippen molar-refractivity contribution in [2.45, 2.75) is 16.6 Å². The van der Waals surface area contributed by atoms with E-state index in [1.807, 2.05) is 0 Å². The van der Waals surface area contributed by atoms with Crippen molar-refractivity contribution in [2.75, 3.05) is 24.3 Å². The average molecular weight is 603 g/mol. The molecule has 0 aliphatic carbocycles. The second-order valence-corrected chi connectivity index (χ2v) is 10.2. The summed E-state index contributed by atoms with van der Waals surface area (Å²) in [5.74, 6) is -2.30. The molecule has 2 aliphatic rings. The number of aliphatic carboxylic acids is 1. The van der Waals surface area contributed by atoms with Crippen LogP contribution in [0, 0.1) is 0 Å². The van der Waals surface area contributed by atoms with E-state index in [0.717, 1.165) is 28.0 Å². The number of aromatic amines is 1. The molecule has 2 aliphatic heterocycles. The molecule has 194 valence electrons. The summed E-state index contributed by atoms with van der Waals surface area (Å²) >= 11 is 3.41. The number of thioether (sulfide) groups is 2. The fourth-order valence-corrected chi connectivity index (χ4v) is 6.39. The van der Waals surface area contributed by atoms with Crippen LogP contribution in [0.1, 0.15) is 5.69 Å². The number of aryl methyl sites for hydroxylation is 1. The number of nitrogens with one attached hydrogen (secondary N) is 2. The van der Waals surface area contributed by atoms with Crippen LogP contribution in [0.3, 0.4) is 0 Å². The summed E-state index contributed by atoms with van der Waals surface area (Å²) < 4.78 is 1.25. The fourth-order valence-electron chi connectivity index (χ4n) is 3.44. The van der Waals surface area contributed by atoms with Crippen LogP contribution in [0.25, 0.3) is 0 Å². The first kappa shape index (κ1) is 32.6. The summed E-state index contributed by atoms with van der Waals surface area (Å²) in [6.07, 6.45) is 0. The van der Waals surface area contributed by atoms with Gasteiger partial charge in [-0.05, 0) is 5.57 Å². The SMILES string of the molecule is CON=C(C(=O)N[C@@H]1C(=O)N2C(C(=O)O)=C(CSc3nc(=O)c(=O)[nH]n3C)CS[C@H]12)c1csc(N)n1.[NaH].[NaH]. The third kappa shape index (κ3) is 6.56. The van der Waals surface area contributed by atoms with Gasteiger partial charge in [0.25, 0.3) is 11.8 Å². The number of aromatic nitrogens is 4. The number of rotatable bonds is 8. The number of carbonyl (C=O) groups is 3. The van der Waals surface area contributed by atoms with Crippen LogP contribution in [-0.4, -0.2) is 142 Å². The van der Waals surface area contributed by atoms with Crippen molar-refractivity contribution in [2.24, 2.45) is 12.2 Å². The van der Waals surface area contributed by atoms with E-state index in [2.05, 4.69) is 25.5 Å². The molecule has 38 heavy (non-hydrogen) atoms. The van der Waals surface area contributed by atoms with Gasteiger partial charge in [0.2, 0.25) is 0 Å². The van der Waals surface area contributed by atoms with Crippen LogP contribution in [0.4, 0.5) is 5.13 Å². The Balaban J connectivity index is 0.00000253. The minimum atomic E-state index is -1.31. The Labute approximate surface area is 270 Å². The number of H-pyrrole nitrogens is 1. The van der Waals surface area contributed by atoms with E-state index in [4.69, 9.17) is 10.6 Å². The van der Waals surface area contributed by atoms with Crippen molar-refractivity contribution >= 4 is 123 Å². The first-order valence-corrected chi connectivity index (χ1v) is 12.9. The molecule has 2 atom stereocenters.